The van der Waals surface area contributed by atoms with Crippen molar-refractivity contribution in [3.8, 4) is 0 Å². The molecule has 0 radical (unpaired) electrons. The minimum absolute atomic E-state index is 0.277. The molecule has 0 aromatic rings. The van der Waals surface area contributed by atoms with E-state index >= 15 is 0 Å². The third-order valence-corrected chi connectivity index (χ3v) is 2.26. The van der Waals surface area contributed by atoms with E-state index in [0.717, 1.165) is 0 Å². The van der Waals surface area contributed by atoms with E-state index in [1.54, 1.807) is 6.08 Å². The summed E-state index contributed by atoms with van der Waals surface area (Å²) in [4.78, 5) is 10.8. The average molecular weight is 154 g/mol. The standard InChI is InChI=1S/C9H14O2/c1-2-5-9(11)6-3-8(10)4-7-9/h2,11H,1,3-7H2. The molecule has 0 spiro atoms. The summed E-state index contributed by atoms with van der Waals surface area (Å²) in [5, 5.41) is 9.77. The zero-order valence-electron chi connectivity index (χ0n) is 6.68. The first-order chi connectivity index (χ1) is 5.16. The molecule has 0 aromatic heterocycles. The van der Waals surface area contributed by atoms with Gasteiger partial charge in [0.1, 0.15) is 5.78 Å². The fourth-order valence-corrected chi connectivity index (χ4v) is 1.47. The molecule has 1 N–H and O–H groups in total. The smallest absolute Gasteiger partial charge is 0.133 e. The first kappa shape index (κ1) is 8.47. The van der Waals surface area contributed by atoms with Crippen LogP contribution in [0.2, 0.25) is 0 Å². The molecule has 0 unspecified atom stereocenters. The monoisotopic (exact) mass is 154 g/mol. The van der Waals surface area contributed by atoms with Gasteiger partial charge in [-0.05, 0) is 19.3 Å². The predicted molar refractivity (Wildman–Crippen MR) is 43.2 cm³/mol. The maximum atomic E-state index is 10.8. The molecule has 0 saturated heterocycles. The molecular weight excluding hydrogens is 140 g/mol. The van der Waals surface area contributed by atoms with Crippen LogP contribution >= 0.6 is 0 Å². The lowest BCUT2D eigenvalue weighted by Gasteiger charge is -2.30. The van der Waals surface area contributed by atoms with E-state index in [1.165, 1.54) is 0 Å². The molecule has 0 aromatic carbocycles. The van der Waals surface area contributed by atoms with Gasteiger partial charge in [0.15, 0.2) is 0 Å². The number of carbonyl (C=O) groups is 1. The van der Waals surface area contributed by atoms with Crippen molar-refractivity contribution in [3.63, 3.8) is 0 Å². The Balaban J connectivity index is 2.47. The molecule has 0 bridgehead atoms. The lowest BCUT2D eigenvalue weighted by molar-refractivity contribution is -0.125. The van der Waals surface area contributed by atoms with Gasteiger partial charge in [-0.15, -0.1) is 6.58 Å². The lowest BCUT2D eigenvalue weighted by atomic mass is 9.82. The van der Waals surface area contributed by atoms with Crippen LogP contribution in [0.1, 0.15) is 32.1 Å². The molecule has 2 heteroatoms. The largest absolute Gasteiger partial charge is 0.390 e. The molecule has 0 atom stereocenters. The van der Waals surface area contributed by atoms with Crippen LogP contribution in [0.5, 0.6) is 0 Å². The SMILES string of the molecule is C=CCC1(O)CCC(=O)CC1. The van der Waals surface area contributed by atoms with Crippen molar-refractivity contribution in [2.24, 2.45) is 0 Å². The zero-order chi connectivity index (χ0) is 8.32. The topological polar surface area (TPSA) is 37.3 Å². The van der Waals surface area contributed by atoms with Crippen molar-refractivity contribution in [3.05, 3.63) is 12.7 Å². The molecule has 0 aliphatic heterocycles. The van der Waals surface area contributed by atoms with E-state index in [-0.39, 0.29) is 5.78 Å². The summed E-state index contributed by atoms with van der Waals surface area (Å²) in [5.41, 5.74) is -0.629. The Morgan fingerprint density at radius 1 is 1.55 bits per heavy atom. The summed E-state index contributed by atoms with van der Waals surface area (Å²) < 4.78 is 0. The molecular formula is C9H14O2. The van der Waals surface area contributed by atoms with Gasteiger partial charge in [-0.1, -0.05) is 6.08 Å². The van der Waals surface area contributed by atoms with Crippen LogP contribution in [-0.2, 0) is 4.79 Å². The van der Waals surface area contributed by atoms with Crippen molar-refractivity contribution in [2.75, 3.05) is 0 Å². The Hall–Kier alpha value is -0.630. The predicted octanol–water partition coefficient (Wildman–Crippen LogP) is 1.44. The summed E-state index contributed by atoms with van der Waals surface area (Å²) in [6.45, 7) is 3.57. The lowest BCUT2D eigenvalue weighted by Crippen LogP contribution is -2.33. The van der Waals surface area contributed by atoms with Crippen molar-refractivity contribution in [1.82, 2.24) is 0 Å². The van der Waals surface area contributed by atoms with Gasteiger partial charge in [0, 0.05) is 12.8 Å². The minimum atomic E-state index is -0.629. The second-order valence-corrected chi connectivity index (χ2v) is 3.26. The fourth-order valence-electron chi connectivity index (χ4n) is 1.47. The molecule has 0 amide bonds. The Bertz CT molecular complexity index is 162. The second kappa shape index (κ2) is 3.18. The molecule has 62 valence electrons. The van der Waals surface area contributed by atoms with Crippen LogP contribution in [0.15, 0.2) is 12.7 Å². The van der Waals surface area contributed by atoms with E-state index in [1.807, 2.05) is 0 Å². The molecule has 1 aliphatic rings. The van der Waals surface area contributed by atoms with E-state index in [2.05, 4.69) is 6.58 Å². The van der Waals surface area contributed by atoms with Gasteiger partial charge in [0.25, 0.3) is 0 Å². The molecule has 2 nitrogen and oxygen atoms in total. The maximum Gasteiger partial charge on any atom is 0.133 e. The van der Waals surface area contributed by atoms with Crippen molar-refractivity contribution >= 4 is 5.78 Å². The van der Waals surface area contributed by atoms with E-state index in [9.17, 15) is 9.90 Å². The van der Waals surface area contributed by atoms with Crippen LogP contribution < -0.4 is 0 Å². The summed E-state index contributed by atoms with van der Waals surface area (Å²) >= 11 is 0. The van der Waals surface area contributed by atoms with Gasteiger partial charge in [-0.3, -0.25) is 4.79 Å². The highest BCUT2D eigenvalue weighted by Crippen LogP contribution is 2.29. The summed E-state index contributed by atoms with van der Waals surface area (Å²) in [5.74, 6) is 0.277. The summed E-state index contributed by atoms with van der Waals surface area (Å²) in [6, 6.07) is 0. The minimum Gasteiger partial charge on any atom is -0.390 e. The second-order valence-electron chi connectivity index (χ2n) is 3.26. The first-order valence-electron chi connectivity index (χ1n) is 4.01. The van der Waals surface area contributed by atoms with Gasteiger partial charge >= 0.3 is 0 Å². The van der Waals surface area contributed by atoms with Crippen LogP contribution in [0, 0.1) is 0 Å². The Kier molecular flexibility index (Phi) is 2.45. The first-order valence-corrected chi connectivity index (χ1v) is 4.01. The van der Waals surface area contributed by atoms with Gasteiger partial charge in [-0.2, -0.15) is 0 Å². The third-order valence-electron chi connectivity index (χ3n) is 2.26. The average Bonchev–Trinajstić information content (AvgIpc) is 1.97. The van der Waals surface area contributed by atoms with Gasteiger partial charge in [0.2, 0.25) is 0 Å². The molecule has 11 heavy (non-hydrogen) atoms. The highest BCUT2D eigenvalue weighted by atomic mass is 16.3. The van der Waals surface area contributed by atoms with E-state index in [0.29, 0.717) is 32.1 Å². The number of Topliss-reactive ketones (excluding diaryl/α,β-unsaturated/α-hetero) is 1. The Morgan fingerprint density at radius 2 is 2.09 bits per heavy atom. The number of hydrogen-bond donors (Lipinski definition) is 1. The van der Waals surface area contributed by atoms with Crippen molar-refractivity contribution in [2.45, 2.75) is 37.7 Å². The number of aliphatic hydroxyl groups is 1. The van der Waals surface area contributed by atoms with Crippen LogP contribution in [0.25, 0.3) is 0 Å². The van der Waals surface area contributed by atoms with Crippen LogP contribution in [0.3, 0.4) is 0 Å². The number of ketones is 1. The van der Waals surface area contributed by atoms with Gasteiger partial charge in [-0.25, -0.2) is 0 Å². The fraction of sp³-hybridized carbons (Fsp3) is 0.667. The Morgan fingerprint density at radius 3 is 2.55 bits per heavy atom. The maximum absolute atomic E-state index is 10.8. The summed E-state index contributed by atoms with van der Waals surface area (Å²) in [6.07, 6.45) is 4.61. The van der Waals surface area contributed by atoms with Gasteiger partial charge in [0.05, 0.1) is 5.60 Å². The van der Waals surface area contributed by atoms with Crippen LogP contribution in [-0.4, -0.2) is 16.5 Å². The van der Waals surface area contributed by atoms with E-state index < -0.39 is 5.60 Å². The van der Waals surface area contributed by atoms with Crippen LogP contribution in [0.4, 0.5) is 0 Å². The van der Waals surface area contributed by atoms with Crippen molar-refractivity contribution in [1.29, 1.82) is 0 Å². The molecule has 1 rings (SSSR count). The molecule has 1 fully saturated rings. The molecule has 1 saturated carbocycles. The molecule has 1 aliphatic carbocycles. The third kappa shape index (κ3) is 2.15. The zero-order valence-corrected chi connectivity index (χ0v) is 6.68. The highest BCUT2D eigenvalue weighted by Gasteiger charge is 2.30. The molecule has 0 heterocycles. The summed E-state index contributed by atoms with van der Waals surface area (Å²) in [7, 11) is 0. The normalized spacial score (nSPS) is 23.2. The quantitative estimate of drug-likeness (QED) is 0.611. The highest BCUT2D eigenvalue weighted by molar-refractivity contribution is 5.79. The van der Waals surface area contributed by atoms with Crippen molar-refractivity contribution < 1.29 is 9.90 Å². The number of carbonyl (C=O) groups excluding carboxylic acids is 1. The van der Waals surface area contributed by atoms with Gasteiger partial charge < -0.3 is 5.11 Å². The number of hydrogen-bond acceptors (Lipinski definition) is 2. The Labute approximate surface area is 66.9 Å². The number of rotatable bonds is 2. The van der Waals surface area contributed by atoms with E-state index in [4.69, 9.17) is 0 Å².